The largest absolute Gasteiger partial charge is 0.449 e. The number of nitrogens with one attached hydrogen (secondary N) is 1. The number of hydrogen-bond donors (Lipinski definition) is 1. The molecule has 2 heterocycles. The molecule has 146 valence electrons. The van der Waals surface area contributed by atoms with Gasteiger partial charge in [0, 0.05) is 24.8 Å². The molecule has 1 aromatic carbocycles. The van der Waals surface area contributed by atoms with Crippen LogP contribution in [0, 0.1) is 0 Å². The van der Waals surface area contributed by atoms with Crippen LogP contribution in [-0.4, -0.2) is 46.9 Å². The third-order valence-electron chi connectivity index (χ3n) is 5.18. The highest BCUT2D eigenvalue weighted by molar-refractivity contribution is 5.68. The molecule has 1 N–H and O–H groups in total. The molecule has 2 aromatic rings. The topological polar surface area (TPSA) is 79.7 Å². The van der Waals surface area contributed by atoms with Gasteiger partial charge in [0.15, 0.2) is 0 Å². The summed E-state index contributed by atoms with van der Waals surface area (Å²) in [5.74, 6) is 0.630. The standard InChI is InChI=1S/C21H25N5O2/c1-22-8-4-5-9-28-21(27)26-13-17-12-23-20(25-19(17)14-26)24-18-10-15-6-2-3-7-16(15)11-18/h2-3,6-8,12,18H,4-5,9-11,13-14H2,1H3,(H,23,24,25). The number of aliphatic imine (C=N–C) groups is 1. The Kier molecular flexibility index (Phi) is 5.50. The third kappa shape index (κ3) is 4.13. The van der Waals surface area contributed by atoms with Gasteiger partial charge in [-0.2, -0.15) is 0 Å². The van der Waals surface area contributed by atoms with Crippen molar-refractivity contribution in [1.29, 1.82) is 0 Å². The van der Waals surface area contributed by atoms with Gasteiger partial charge >= 0.3 is 6.09 Å². The third-order valence-corrected chi connectivity index (χ3v) is 5.18. The van der Waals surface area contributed by atoms with E-state index in [0.717, 1.165) is 36.9 Å². The Morgan fingerprint density at radius 3 is 2.82 bits per heavy atom. The molecule has 1 aliphatic carbocycles. The second-order valence-corrected chi connectivity index (χ2v) is 7.24. The quantitative estimate of drug-likeness (QED) is 0.616. The summed E-state index contributed by atoms with van der Waals surface area (Å²) in [4.78, 5) is 26.9. The highest BCUT2D eigenvalue weighted by Crippen LogP contribution is 2.25. The Morgan fingerprint density at radius 1 is 1.29 bits per heavy atom. The van der Waals surface area contributed by atoms with Gasteiger partial charge in [-0.05, 0) is 43.0 Å². The molecule has 0 spiro atoms. The van der Waals surface area contributed by atoms with E-state index in [2.05, 4.69) is 44.5 Å². The number of rotatable bonds is 6. The number of aromatic nitrogens is 2. The number of anilines is 1. The van der Waals surface area contributed by atoms with E-state index in [1.165, 1.54) is 11.1 Å². The normalized spacial score (nSPS) is 15.7. The predicted octanol–water partition coefficient (Wildman–Crippen LogP) is 2.99. The summed E-state index contributed by atoms with van der Waals surface area (Å²) in [6.07, 6.45) is 6.91. The molecular weight excluding hydrogens is 354 g/mol. The molecule has 28 heavy (non-hydrogen) atoms. The molecule has 7 heteroatoms. The second kappa shape index (κ2) is 8.37. The van der Waals surface area contributed by atoms with Crippen molar-refractivity contribution in [1.82, 2.24) is 14.9 Å². The zero-order valence-corrected chi connectivity index (χ0v) is 16.1. The fourth-order valence-electron chi connectivity index (χ4n) is 3.75. The zero-order valence-electron chi connectivity index (χ0n) is 16.1. The van der Waals surface area contributed by atoms with Gasteiger partial charge in [-0.25, -0.2) is 14.8 Å². The van der Waals surface area contributed by atoms with Crippen molar-refractivity contribution in [2.45, 2.75) is 44.8 Å². The van der Waals surface area contributed by atoms with Crippen molar-refractivity contribution < 1.29 is 9.53 Å². The van der Waals surface area contributed by atoms with Crippen molar-refractivity contribution in [3.63, 3.8) is 0 Å². The van der Waals surface area contributed by atoms with Crippen LogP contribution in [0.2, 0.25) is 0 Å². The molecule has 0 unspecified atom stereocenters. The molecular formula is C21H25N5O2. The van der Waals surface area contributed by atoms with Crippen LogP contribution in [-0.2, 0) is 30.7 Å². The molecule has 0 atom stereocenters. The van der Waals surface area contributed by atoms with E-state index in [1.54, 1.807) is 11.9 Å². The van der Waals surface area contributed by atoms with Crippen LogP contribution in [0.5, 0.6) is 0 Å². The van der Waals surface area contributed by atoms with Gasteiger partial charge in [0.1, 0.15) is 0 Å². The number of fused-ring (bicyclic) bond motifs is 2. The average molecular weight is 379 g/mol. The Labute approximate surface area is 164 Å². The van der Waals surface area contributed by atoms with Gasteiger partial charge in [0.05, 0.1) is 25.4 Å². The summed E-state index contributed by atoms with van der Waals surface area (Å²) in [5.41, 5.74) is 4.65. The van der Waals surface area contributed by atoms with E-state index < -0.39 is 0 Å². The maximum atomic E-state index is 12.2. The first-order valence-corrected chi connectivity index (χ1v) is 9.73. The smallest absolute Gasteiger partial charge is 0.410 e. The van der Waals surface area contributed by atoms with Crippen LogP contribution in [0.3, 0.4) is 0 Å². The molecule has 2 aliphatic rings. The Hall–Kier alpha value is -2.96. The van der Waals surface area contributed by atoms with Gasteiger partial charge in [-0.1, -0.05) is 24.3 Å². The summed E-state index contributed by atoms with van der Waals surface area (Å²) in [7, 11) is 1.74. The van der Waals surface area contributed by atoms with Crippen LogP contribution in [0.15, 0.2) is 35.5 Å². The summed E-state index contributed by atoms with van der Waals surface area (Å²) >= 11 is 0. The van der Waals surface area contributed by atoms with Crippen molar-refractivity contribution in [2.75, 3.05) is 19.0 Å². The van der Waals surface area contributed by atoms with E-state index in [1.807, 2.05) is 12.4 Å². The van der Waals surface area contributed by atoms with Gasteiger partial charge in [-0.15, -0.1) is 0 Å². The van der Waals surface area contributed by atoms with E-state index >= 15 is 0 Å². The second-order valence-electron chi connectivity index (χ2n) is 7.24. The van der Waals surface area contributed by atoms with Crippen LogP contribution in [0.4, 0.5) is 10.7 Å². The minimum absolute atomic E-state index is 0.299. The van der Waals surface area contributed by atoms with Crippen LogP contribution >= 0.6 is 0 Å². The lowest BCUT2D eigenvalue weighted by Crippen LogP contribution is -2.26. The van der Waals surface area contributed by atoms with Gasteiger partial charge in [0.2, 0.25) is 5.95 Å². The zero-order chi connectivity index (χ0) is 19.3. The fraction of sp³-hybridized carbons (Fsp3) is 0.429. The maximum Gasteiger partial charge on any atom is 0.410 e. The summed E-state index contributed by atoms with van der Waals surface area (Å²) < 4.78 is 5.34. The molecule has 0 bridgehead atoms. The minimum Gasteiger partial charge on any atom is -0.449 e. The van der Waals surface area contributed by atoms with Crippen molar-refractivity contribution >= 4 is 18.3 Å². The fourth-order valence-corrected chi connectivity index (χ4v) is 3.75. The van der Waals surface area contributed by atoms with E-state index in [4.69, 9.17) is 4.74 Å². The summed E-state index contributed by atoms with van der Waals surface area (Å²) in [5, 5.41) is 3.45. The van der Waals surface area contributed by atoms with Gasteiger partial charge in [-0.3, -0.25) is 4.90 Å². The van der Waals surface area contributed by atoms with Crippen LogP contribution < -0.4 is 5.32 Å². The Balaban J connectivity index is 1.30. The molecule has 0 fully saturated rings. The molecule has 0 saturated heterocycles. The number of carbonyl (C=O) groups excluding carboxylic acids is 1. The molecule has 1 amide bonds. The number of unbranched alkanes of at least 4 members (excludes halogenated alkanes) is 1. The van der Waals surface area contributed by atoms with Crippen LogP contribution in [0.25, 0.3) is 0 Å². The number of amides is 1. The van der Waals surface area contributed by atoms with E-state index in [0.29, 0.717) is 31.7 Å². The Morgan fingerprint density at radius 2 is 2.07 bits per heavy atom. The van der Waals surface area contributed by atoms with Crippen molar-refractivity contribution in [3.05, 3.63) is 52.8 Å². The number of nitrogens with zero attached hydrogens (tertiary/aromatic N) is 4. The molecule has 0 saturated carbocycles. The first-order chi connectivity index (χ1) is 13.7. The predicted molar refractivity (Wildman–Crippen MR) is 108 cm³/mol. The molecule has 0 radical (unpaired) electrons. The lowest BCUT2D eigenvalue weighted by atomic mass is 10.1. The van der Waals surface area contributed by atoms with Gasteiger partial charge in [0.25, 0.3) is 0 Å². The lowest BCUT2D eigenvalue weighted by molar-refractivity contribution is 0.101. The van der Waals surface area contributed by atoms with Crippen molar-refractivity contribution in [3.8, 4) is 0 Å². The molecule has 1 aromatic heterocycles. The monoisotopic (exact) mass is 379 g/mol. The average Bonchev–Trinajstić information content (AvgIpc) is 3.30. The maximum absolute atomic E-state index is 12.2. The van der Waals surface area contributed by atoms with Gasteiger partial charge < -0.3 is 15.0 Å². The summed E-state index contributed by atoms with van der Waals surface area (Å²) in [6.45, 7) is 1.37. The highest BCUT2D eigenvalue weighted by Gasteiger charge is 2.27. The Bertz CT molecular complexity index is 858. The number of benzene rings is 1. The molecule has 4 rings (SSSR count). The molecule has 1 aliphatic heterocycles. The van der Waals surface area contributed by atoms with E-state index in [9.17, 15) is 4.79 Å². The first-order valence-electron chi connectivity index (χ1n) is 9.73. The van der Waals surface area contributed by atoms with Crippen LogP contribution in [0.1, 0.15) is 35.2 Å². The lowest BCUT2D eigenvalue weighted by Gasteiger charge is -2.14. The van der Waals surface area contributed by atoms with E-state index in [-0.39, 0.29) is 6.09 Å². The van der Waals surface area contributed by atoms with Crippen molar-refractivity contribution in [2.24, 2.45) is 4.99 Å². The number of ether oxygens (including phenoxy) is 1. The SMILES string of the molecule is CN=CCCCOC(=O)N1Cc2cnc(NC3Cc4ccccc4C3)nc2C1. The number of hydrogen-bond acceptors (Lipinski definition) is 6. The minimum atomic E-state index is -0.299. The highest BCUT2D eigenvalue weighted by atomic mass is 16.6. The molecule has 7 nitrogen and oxygen atoms in total. The first kappa shape index (κ1) is 18.4. The number of carbonyl (C=O) groups is 1. The summed E-state index contributed by atoms with van der Waals surface area (Å²) in [6, 6.07) is 8.83.